The highest BCUT2D eigenvalue weighted by atomic mass is 16.5. The zero-order valence-corrected chi connectivity index (χ0v) is 21.3. The summed E-state index contributed by atoms with van der Waals surface area (Å²) in [4.78, 5) is 32.6. The van der Waals surface area contributed by atoms with Crippen molar-refractivity contribution in [2.24, 2.45) is 17.8 Å². The number of carbonyl (C=O) groups excluding carboxylic acids is 2. The molecule has 0 spiro atoms. The topological polar surface area (TPSA) is 107 Å². The van der Waals surface area contributed by atoms with Gasteiger partial charge in [0, 0.05) is 43.8 Å². The first-order valence-corrected chi connectivity index (χ1v) is 13.6. The second kappa shape index (κ2) is 8.71. The maximum absolute atomic E-state index is 13.2. The minimum atomic E-state index is -0.524. The first kappa shape index (κ1) is 23.5. The molecule has 0 radical (unpaired) electrons. The molecular weight excluding hydrogens is 472 g/mol. The van der Waals surface area contributed by atoms with Gasteiger partial charge in [0.05, 0.1) is 54.3 Å². The van der Waals surface area contributed by atoms with E-state index in [-0.39, 0.29) is 18.6 Å². The first-order chi connectivity index (χ1) is 17.9. The number of rotatable bonds is 6. The zero-order valence-electron chi connectivity index (χ0n) is 21.3. The molecule has 5 fully saturated rings. The van der Waals surface area contributed by atoms with Gasteiger partial charge in [0.1, 0.15) is 0 Å². The van der Waals surface area contributed by atoms with E-state index in [9.17, 15) is 14.7 Å². The van der Waals surface area contributed by atoms with E-state index in [1.807, 2.05) is 6.20 Å². The van der Waals surface area contributed by atoms with Gasteiger partial charge in [-0.05, 0) is 49.9 Å². The largest absolute Gasteiger partial charge is 0.390 e. The van der Waals surface area contributed by atoms with Crippen LogP contribution in [-0.2, 0) is 31.9 Å². The molecule has 1 aliphatic heterocycles. The molecule has 2 aromatic rings. The molecule has 1 amide bonds. The Labute approximate surface area is 215 Å². The highest BCUT2D eigenvalue weighted by molar-refractivity contribution is 6.36. The number of methoxy groups -OCH3 is 1. The van der Waals surface area contributed by atoms with Crippen molar-refractivity contribution in [3.63, 3.8) is 0 Å². The number of hydrogen-bond donors (Lipinski definition) is 1. The van der Waals surface area contributed by atoms with E-state index in [2.05, 4.69) is 21.8 Å². The molecule has 1 N–H and O–H groups in total. The third kappa shape index (κ3) is 3.85. The maximum atomic E-state index is 13.2. The van der Waals surface area contributed by atoms with Crippen molar-refractivity contribution in [3.8, 4) is 0 Å². The van der Waals surface area contributed by atoms with Crippen LogP contribution >= 0.6 is 0 Å². The fraction of sp³-hybridized carbons (Fsp3) is 0.643. The summed E-state index contributed by atoms with van der Waals surface area (Å²) in [6.45, 7) is 1.53. The lowest BCUT2D eigenvalue weighted by atomic mass is 9.52. The summed E-state index contributed by atoms with van der Waals surface area (Å²) in [5.41, 5.74) is 3.24. The SMILES string of the molecule is COC[C@H]1CN(C(=O)C(=O)Cc2nn(C3[C@@H]4CC5C[C@H]3CC(O)(C5)C4)c3c4c(ncc23)CC=C4)CCO1. The minimum absolute atomic E-state index is 0.0482. The third-order valence-electron chi connectivity index (χ3n) is 9.35. The van der Waals surface area contributed by atoms with Crippen LogP contribution in [0.15, 0.2) is 12.3 Å². The van der Waals surface area contributed by atoms with Crippen LogP contribution in [0.4, 0.5) is 0 Å². The quantitative estimate of drug-likeness (QED) is 0.598. The van der Waals surface area contributed by atoms with Crippen LogP contribution in [0.5, 0.6) is 0 Å². The van der Waals surface area contributed by atoms with Crippen molar-refractivity contribution in [2.75, 3.05) is 33.4 Å². The average Bonchev–Trinajstić information content (AvgIpc) is 3.47. The van der Waals surface area contributed by atoms with E-state index in [1.165, 1.54) is 0 Å². The molecule has 4 saturated carbocycles. The molecule has 1 saturated heterocycles. The Morgan fingerprint density at radius 1 is 1.24 bits per heavy atom. The van der Waals surface area contributed by atoms with Crippen LogP contribution < -0.4 is 0 Å². The molecule has 196 valence electrons. The molecular formula is C28H34N4O5. The van der Waals surface area contributed by atoms with Gasteiger partial charge >= 0.3 is 0 Å². The smallest absolute Gasteiger partial charge is 0.290 e. The van der Waals surface area contributed by atoms with Crippen molar-refractivity contribution in [3.05, 3.63) is 29.2 Å². The van der Waals surface area contributed by atoms with Gasteiger partial charge in [-0.3, -0.25) is 19.3 Å². The third-order valence-corrected chi connectivity index (χ3v) is 9.35. The molecule has 3 heterocycles. The molecule has 5 aliphatic carbocycles. The number of ether oxygens (including phenoxy) is 2. The molecule has 6 aliphatic rings. The number of ketones is 1. The first-order valence-electron chi connectivity index (χ1n) is 13.6. The van der Waals surface area contributed by atoms with E-state index < -0.39 is 17.3 Å². The van der Waals surface area contributed by atoms with Gasteiger partial charge in [-0.25, -0.2) is 0 Å². The summed E-state index contributed by atoms with van der Waals surface area (Å²) >= 11 is 0. The summed E-state index contributed by atoms with van der Waals surface area (Å²) in [6, 6.07) is 0.202. The van der Waals surface area contributed by atoms with Crippen molar-refractivity contribution in [1.82, 2.24) is 19.7 Å². The average molecular weight is 507 g/mol. The van der Waals surface area contributed by atoms with Gasteiger partial charge in [0.25, 0.3) is 5.91 Å². The Hall–Kier alpha value is -2.62. The number of nitrogens with zero attached hydrogens (tertiary/aromatic N) is 4. The van der Waals surface area contributed by atoms with E-state index >= 15 is 0 Å². The van der Waals surface area contributed by atoms with Crippen LogP contribution in [0.1, 0.15) is 55.1 Å². The highest BCUT2D eigenvalue weighted by Gasteiger charge is 2.56. The fourth-order valence-corrected chi connectivity index (χ4v) is 8.17. The summed E-state index contributed by atoms with van der Waals surface area (Å²) < 4.78 is 13.0. The molecule has 2 aromatic heterocycles. The van der Waals surface area contributed by atoms with Gasteiger partial charge in [-0.15, -0.1) is 0 Å². The molecule has 9 nitrogen and oxygen atoms in total. The lowest BCUT2D eigenvalue weighted by Crippen LogP contribution is -2.55. The number of aliphatic hydroxyl groups is 1. The molecule has 0 aromatic carbocycles. The summed E-state index contributed by atoms with van der Waals surface area (Å²) in [5.74, 6) is 0.412. The van der Waals surface area contributed by atoms with E-state index in [1.54, 1.807) is 12.0 Å². The van der Waals surface area contributed by atoms with Crippen molar-refractivity contribution in [1.29, 1.82) is 0 Å². The normalized spacial score (nSPS) is 33.9. The number of allylic oxidation sites excluding steroid dienone is 1. The van der Waals surface area contributed by atoms with Crippen molar-refractivity contribution < 1.29 is 24.2 Å². The van der Waals surface area contributed by atoms with Crippen LogP contribution in [0.3, 0.4) is 0 Å². The molecule has 6 atom stereocenters. The predicted octanol–water partition coefficient (Wildman–Crippen LogP) is 2.10. The van der Waals surface area contributed by atoms with Gasteiger partial charge in [0.2, 0.25) is 5.78 Å². The van der Waals surface area contributed by atoms with E-state index in [0.29, 0.717) is 49.8 Å². The second-order valence-electron chi connectivity index (χ2n) is 11.9. The van der Waals surface area contributed by atoms with Crippen molar-refractivity contribution in [2.45, 2.75) is 62.7 Å². The summed E-state index contributed by atoms with van der Waals surface area (Å²) in [7, 11) is 1.60. The standard InChI is InChI=1S/C28H34N4O5/c1-36-15-19-14-31(5-6-37-19)27(34)24(33)9-23-21-13-29-22-4-2-3-20(22)26(21)32(30-23)25-17-7-16-8-18(25)12-28(35,10-16)11-17/h2-3,13,16-19,25,35H,4-12,14-15H2,1H3/t16?,17-,18+,19-,25?,28?/m1/s1. The fourth-order valence-electron chi connectivity index (χ4n) is 8.17. The number of pyridine rings is 1. The number of aromatic nitrogens is 3. The zero-order chi connectivity index (χ0) is 25.3. The Morgan fingerprint density at radius 2 is 2.05 bits per heavy atom. The lowest BCUT2D eigenvalue weighted by molar-refractivity contribution is -0.150. The monoisotopic (exact) mass is 506 g/mol. The number of amides is 1. The number of hydrogen-bond acceptors (Lipinski definition) is 7. The van der Waals surface area contributed by atoms with Gasteiger partial charge in [-0.1, -0.05) is 12.2 Å². The molecule has 4 bridgehead atoms. The number of fused-ring (bicyclic) bond motifs is 3. The molecule has 8 rings (SSSR count). The Bertz CT molecular complexity index is 1280. The Kier molecular flexibility index (Phi) is 5.53. The van der Waals surface area contributed by atoms with Gasteiger partial charge in [-0.2, -0.15) is 5.10 Å². The van der Waals surface area contributed by atoms with Crippen LogP contribution in [0.2, 0.25) is 0 Å². The highest BCUT2D eigenvalue weighted by Crippen LogP contribution is 2.60. The number of Topliss-reactive ketones (excluding diaryl/α,β-unsaturated/α-hetero) is 1. The molecule has 9 heteroatoms. The van der Waals surface area contributed by atoms with Crippen molar-refractivity contribution >= 4 is 28.7 Å². The number of carbonyl (C=O) groups is 2. The number of morpholine rings is 1. The van der Waals surface area contributed by atoms with Gasteiger partial charge in [0.15, 0.2) is 0 Å². The molecule has 3 unspecified atom stereocenters. The van der Waals surface area contributed by atoms with Gasteiger partial charge < -0.3 is 19.5 Å². The Morgan fingerprint density at radius 3 is 2.81 bits per heavy atom. The summed E-state index contributed by atoms with van der Waals surface area (Å²) in [6.07, 6.45) is 11.4. The Balaban J connectivity index is 1.22. The lowest BCUT2D eigenvalue weighted by Gasteiger charge is -2.58. The second-order valence-corrected chi connectivity index (χ2v) is 11.9. The van der Waals surface area contributed by atoms with Crippen LogP contribution in [0, 0.1) is 17.8 Å². The minimum Gasteiger partial charge on any atom is -0.390 e. The predicted molar refractivity (Wildman–Crippen MR) is 135 cm³/mol. The van der Waals surface area contributed by atoms with E-state index in [4.69, 9.17) is 14.6 Å². The maximum Gasteiger partial charge on any atom is 0.290 e. The van der Waals surface area contributed by atoms with Crippen LogP contribution in [0.25, 0.3) is 17.0 Å². The molecule has 37 heavy (non-hydrogen) atoms. The van der Waals surface area contributed by atoms with E-state index in [0.717, 1.165) is 60.7 Å². The van der Waals surface area contributed by atoms with Crippen LogP contribution in [-0.4, -0.2) is 81.6 Å². The summed E-state index contributed by atoms with van der Waals surface area (Å²) in [5, 5.41) is 17.1.